The van der Waals surface area contributed by atoms with Crippen molar-refractivity contribution >= 4 is 33.4 Å². The van der Waals surface area contributed by atoms with Gasteiger partial charge in [-0.15, -0.1) is 0 Å². The Hall–Kier alpha value is -0.220. The average Bonchev–Trinajstić information content (AvgIpc) is 2.25. The molecule has 0 aromatic heterocycles. The summed E-state index contributed by atoms with van der Waals surface area (Å²) in [6.45, 7) is 2.21. The predicted molar refractivity (Wildman–Crippen MR) is 72.7 cm³/mol. The van der Waals surface area contributed by atoms with Crippen LogP contribution in [0.1, 0.15) is 19.8 Å². The molecule has 1 aromatic carbocycles. The highest BCUT2D eigenvalue weighted by atomic mass is 79.9. The Labute approximate surface area is 108 Å². The molecule has 0 amide bonds. The maximum absolute atomic E-state index is 13.6. The molecule has 16 heavy (non-hydrogen) atoms. The fourth-order valence-electron chi connectivity index (χ4n) is 1.92. The molecule has 0 bridgehead atoms. The lowest BCUT2D eigenvalue weighted by Crippen LogP contribution is -2.33. The Bertz CT molecular complexity index is 372. The number of anilines is 1. The zero-order valence-corrected chi connectivity index (χ0v) is 11.6. The average molecular weight is 304 g/mol. The van der Waals surface area contributed by atoms with Crippen LogP contribution < -0.4 is 5.32 Å². The molecule has 2 atom stereocenters. The Morgan fingerprint density at radius 1 is 1.50 bits per heavy atom. The fourth-order valence-corrected chi connectivity index (χ4v) is 3.39. The smallest absolute Gasteiger partial charge is 0.147 e. The molecule has 1 aromatic rings. The van der Waals surface area contributed by atoms with Crippen molar-refractivity contribution < 1.29 is 4.39 Å². The third-order valence-corrected chi connectivity index (χ3v) is 4.75. The zero-order valence-electron chi connectivity index (χ0n) is 9.17. The second-order valence-electron chi connectivity index (χ2n) is 4.09. The summed E-state index contributed by atoms with van der Waals surface area (Å²) >= 11 is 5.22. The molecule has 1 nitrogen and oxygen atoms in total. The number of halogens is 2. The largest absolute Gasteiger partial charge is 0.379 e. The van der Waals surface area contributed by atoms with E-state index in [0.29, 0.717) is 17.0 Å². The highest BCUT2D eigenvalue weighted by Gasteiger charge is 2.22. The summed E-state index contributed by atoms with van der Waals surface area (Å²) in [7, 11) is 0. The van der Waals surface area contributed by atoms with Gasteiger partial charge in [-0.25, -0.2) is 4.39 Å². The van der Waals surface area contributed by atoms with Gasteiger partial charge >= 0.3 is 0 Å². The van der Waals surface area contributed by atoms with Gasteiger partial charge in [0.2, 0.25) is 0 Å². The van der Waals surface area contributed by atoms with Gasteiger partial charge in [0.15, 0.2) is 0 Å². The Balaban J connectivity index is 2.07. The number of hydrogen-bond acceptors (Lipinski definition) is 2. The number of nitrogens with one attached hydrogen (secondary N) is 1. The van der Waals surface area contributed by atoms with Crippen molar-refractivity contribution in [3.05, 3.63) is 28.5 Å². The molecule has 1 aliphatic rings. The Morgan fingerprint density at radius 3 is 3.00 bits per heavy atom. The zero-order chi connectivity index (χ0) is 11.5. The molecule has 1 fully saturated rings. The third-order valence-electron chi connectivity index (χ3n) is 2.88. The van der Waals surface area contributed by atoms with Crippen LogP contribution in [0.5, 0.6) is 0 Å². The van der Waals surface area contributed by atoms with E-state index in [1.165, 1.54) is 18.2 Å². The molecule has 0 spiro atoms. The van der Waals surface area contributed by atoms with Gasteiger partial charge in [0.1, 0.15) is 5.82 Å². The lowest BCUT2D eigenvalue weighted by molar-refractivity contribution is 0.596. The normalized spacial score (nSPS) is 25.4. The van der Waals surface area contributed by atoms with Gasteiger partial charge in [-0.2, -0.15) is 11.8 Å². The summed E-state index contributed by atoms with van der Waals surface area (Å²) in [5.41, 5.74) is 0.613. The number of hydrogen-bond donors (Lipinski definition) is 1. The van der Waals surface area contributed by atoms with Crippen molar-refractivity contribution in [1.82, 2.24) is 0 Å². The Kier molecular flexibility index (Phi) is 4.14. The molecule has 1 N–H and O–H groups in total. The van der Waals surface area contributed by atoms with Crippen molar-refractivity contribution in [2.45, 2.75) is 31.1 Å². The van der Waals surface area contributed by atoms with Gasteiger partial charge in [0, 0.05) is 15.8 Å². The summed E-state index contributed by atoms with van der Waals surface area (Å²) in [5.74, 6) is 1.04. The number of benzene rings is 1. The summed E-state index contributed by atoms with van der Waals surface area (Å²) in [6, 6.07) is 5.55. The SMILES string of the molecule is CC1SCCCC1Nc1ccc(Br)cc1F. The van der Waals surface area contributed by atoms with Crippen molar-refractivity contribution in [1.29, 1.82) is 0 Å². The van der Waals surface area contributed by atoms with Crippen LogP contribution in [0.25, 0.3) is 0 Å². The standard InChI is InChI=1S/C12H15BrFNS/c1-8-11(3-2-6-16-8)15-12-5-4-9(13)7-10(12)14/h4-5,7-8,11,15H,2-3,6H2,1H3. The van der Waals surface area contributed by atoms with E-state index in [-0.39, 0.29) is 5.82 Å². The fraction of sp³-hybridized carbons (Fsp3) is 0.500. The van der Waals surface area contributed by atoms with E-state index in [9.17, 15) is 4.39 Å². The van der Waals surface area contributed by atoms with Crippen LogP contribution in [-0.4, -0.2) is 17.0 Å². The molecule has 1 heterocycles. The first-order chi connectivity index (χ1) is 7.66. The molecule has 1 aliphatic heterocycles. The number of thioether (sulfide) groups is 1. The van der Waals surface area contributed by atoms with Crippen molar-refractivity contribution in [3.8, 4) is 0 Å². The molecule has 0 saturated carbocycles. The molecule has 88 valence electrons. The molecule has 2 rings (SSSR count). The van der Waals surface area contributed by atoms with E-state index in [2.05, 4.69) is 28.2 Å². The molecule has 1 saturated heterocycles. The van der Waals surface area contributed by atoms with E-state index >= 15 is 0 Å². The van der Waals surface area contributed by atoms with E-state index in [1.54, 1.807) is 6.07 Å². The Morgan fingerprint density at radius 2 is 2.31 bits per heavy atom. The molecule has 4 heteroatoms. The minimum absolute atomic E-state index is 0.183. The van der Waals surface area contributed by atoms with E-state index in [0.717, 1.165) is 10.9 Å². The van der Waals surface area contributed by atoms with Crippen molar-refractivity contribution in [2.75, 3.05) is 11.1 Å². The van der Waals surface area contributed by atoms with Gasteiger partial charge in [0.25, 0.3) is 0 Å². The van der Waals surface area contributed by atoms with E-state index in [1.807, 2.05) is 17.8 Å². The molecule has 0 radical (unpaired) electrons. The maximum Gasteiger partial charge on any atom is 0.147 e. The van der Waals surface area contributed by atoms with Gasteiger partial charge in [0.05, 0.1) is 5.69 Å². The van der Waals surface area contributed by atoms with Crippen molar-refractivity contribution in [2.24, 2.45) is 0 Å². The van der Waals surface area contributed by atoms with Crippen LogP contribution in [-0.2, 0) is 0 Å². The number of rotatable bonds is 2. The van der Waals surface area contributed by atoms with Gasteiger partial charge < -0.3 is 5.32 Å². The van der Waals surface area contributed by atoms with Gasteiger partial charge in [-0.3, -0.25) is 0 Å². The van der Waals surface area contributed by atoms with E-state index < -0.39 is 0 Å². The topological polar surface area (TPSA) is 12.0 Å². The highest BCUT2D eigenvalue weighted by molar-refractivity contribution is 9.10. The van der Waals surface area contributed by atoms with Crippen LogP contribution >= 0.6 is 27.7 Å². The van der Waals surface area contributed by atoms with Gasteiger partial charge in [-0.1, -0.05) is 22.9 Å². The second-order valence-corrected chi connectivity index (χ2v) is 6.49. The summed E-state index contributed by atoms with van der Waals surface area (Å²) in [6.07, 6.45) is 2.34. The van der Waals surface area contributed by atoms with E-state index in [4.69, 9.17) is 0 Å². The van der Waals surface area contributed by atoms with Crippen LogP contribution in [0.4, 0.5) is 10.1 Å². The monoisotopic (exact) mass is 303 g/mol. The van der Waals surface area contributed by atoms with Crippen LogP contribution in [0.3, 0.4) is 0 Å². The maximum atomic E-state index is 13.6. The third kappa shape index (κ3) is 2.92. The summed E-state index contributed by atoms with van der Waals surface area (Å²) in [4.78, 5) is 0. The molecular weight excluding hydrogens is 289 g/mol. The minimum atomic E-state index is -0.183. The molecule has 0 aliphatic carbocycles. The van der Waals surface area contributed by atoms with Gasteiger partial charge in [-0.05, 0) is 36.8 Å². The first-order valence-electron chi connectivity index (χ1n) is 5.50. The predicted octanol–water partition coefficient (Wildman–Crippen LogP) is 4.28. The lowest BCUT2D eigenvalue weighted by Gasteiger charge is -2.30. The first kappa shape index (κ1) is 12.2. The lowest BCUT2D eigenvalue weighted by atomic mass is 10.1. The summed E-state index contributed by atoms with van der Waals surface area (Å²) in [5, 5.41) is 3.86. The highest BCUT2D eigenvalue weighted by Crippen LogP contribution is 2.29. The summed E-state index contributed by atoms with van der Waals surface area (Å²) < 4.78 is 14.4. The van der Waals surface area contributed by atoms with Crippen LogP contribution in [0, 0.1) is 5.82 Å². The molecular formula is C12H15BrFNS. The minimum Gasteiger partial charge on any atom is -0.379 e. The van der Waals surface area contributed by atoms with Crippen LogP contribution in [0.2, 0.25) is 0 Å². The van der Waals surface area contributed by atoms with Crippen LogP contribution in [0.15, 0.2) is 22.7 Å². The van der Waals surface area contributed by atoms with Crippen molar-refractivity contribution in [3.63, 3.8) is 0 Å². The molecule has 2 unspecified atom stereocenters. The first-order valence-corrected chi connectivity index (χ1v) is 7.34. The quantitative estimate of drug-likeness (QED) is 0.875. The second kappa shape index (κ2) is 5.41.